The molecule has 0 aromatic carbocycles. The Morgan fingerprint density at radius 1 is 1.37 bits per heavy atom. The van der Waals surface area contributed by atoms with E-state index in [9.17, 15) is 4.79 Å². The Balaban J connectivity index is 2.23. The summed E-state index contributed by atoms with van der Waals surface area (Å²) in [5, 5.41) is 2.56. The third-order valence-electron chi connectivity index (χ3n) is 2.21. The van der Waals surface area contributed by atoms with Crippen LogP contribution in [0.5, 0.6) is 0 Å². The number of anilines is 1. The van der Waals surface area contributed by atoms with E-state index in [1.54, 1.807) is 37.6 Å². The average Bonchev–Trinajstić information content (AvgIpc) is 2.56. The Morgan fingerprint density at radius 3 is 2.68 bits per heavy atom. The zero-order chi connectivity index (χ0) is 14.2. The van der Waals surface area contributed by atoms with E-state index in [1.807, 2.05) is 6.92 Å². The summed E-state index contributed by atoms with van der Waals surface area (Å²) in [6.45, 7) is 7.21. The predicted octanol–water partition coefficient (Wildman–Crippen LogP) is 1.18. The van der Waals surface area contributed by atoms with Crippen LogP contribution in [0.15, 0.2) is 12.4 Å². The van der Waals surface area contributed by atoms with Crippen molar-refractivity contribution in [1.82, 2.24) is 14.4 Å². The molecule has 98 valence electrons. The van der Waals surface area contributed by atoms with Crippen molar-refractivity contribution in [2.24, 2.45) is 0 Å². The molecule has 0 fully saturated rings. The normalized spacial score (nSPS) is 11.6. The number of ether oxygens (including phenoxy) is 1. The van der Waals surface area contributed by atoms with Crippen LogP contribution in [0.25, 0.3) is 5.65 Å². The second-order valence-corrected chi connectivity index (χ2v) is 5.25. The Hall–Kier alpha value is -2.05. The Kier molecular flexibility index (Phi) is 3.22. The molecule has 1 amide bonds. The zero-order valence-corrected chi connectivity index (χ0v) is 11.4. The molecule has 0 unspecified atom stereocenters. The van der Waals surface area contributed by atoms with Gasteiger partial charge < -0.3 is 9.14 Å². The number of aryl methyl sites for hydroxylation is 1. The molecule has 2 aromatic rings. The molecule has 0 atom stereocenters. The van der Waals surface area contributed by atoms with Gasteiger partial charge in [0, 0.05) is 11.8 Å². The lowest BCUT2D eigenvalue weighted by molar-refractivity contribution is 0.0635. The van der Waals surface area contributed by atoms with Crippen LogP contribution in [0.3, 0.4) is 0 Å². The van der Waals surface area contributed by atoms with Gasteiger partial charge >= 0.3 is 6.09 Å². The summed E-state index contributed by atoms with van der Waals surface area (Å²) in [6.07, 6.45) is 2.88. The van der Waals surface area contributed by atoms with E-state index in [1.165, 1.54) is 0 Å². The van der Waals surface area contributed by atoms with Gasteiger partial charge in [-0.3, -0.25) is 10.3 Å². The van der Waals surface area contributed by atoms with Crippen molar-refractivity contribution < 1.29 is 9.53 Å². The SMILES string of the molecule is [B]c1nc(C)cn2cc(NC(=O)OC(C)(C)C)nc12. The van der Waals surface area contributed by atoms with Gasteiger partial charge in [0.25, 0.3) is 0 Å². The maximum absolute atomic E-state index is 11.6. The predicted molar refractivity (Wildman–Crippen MR) is 73.0 cm³/mol. The van der Waals surface area contributed by atoms with Crippen molar-refractivity contribution in [1.29, 1.82) is 0 Å². The van der Waals surface area contributed by atoms with Gasteiger partial charge in [0.2, 0.25) is 0 Å². The highest BCUT2D eigenvalue weighted by Crippen LogP contribution is 2.11. The van der Waals surface area contributed by atoms with Gasteiger partial charge in [0.05, 0.1) is 11.9 Å². The number of carbonyl (C=O) groups excluding carboxylic acids is 1. The minimum atomic E-state index is -0.556. The van der Waals surface area contributed by atoms with E-state index in [2.05, 4.69) is 15.3 Å². The first-order chi connectivity index (χ1) is 8.74. The number of aromatic nitrogens is 3. The molecule has 1 N–H and O–H groups in total. The van der Waals surface area contributed by atoms with Gasteiger partial charge in [-0.15, -0.1) is 0 Å². The maximum Gasteiger partial charge on any atom is 0.413 e. The number of amides is 1. The Morgan fingerprint density at radius 2 is 2.05 bits per heavy atom. The van der Waals surface area contributed by atoms with Crippen LogP contribution in [-0.4, -0.2) is 33.9 Å². The molecule has 0 spiro atoms. The summed E-state index contributed by atoms with van der Waals surface area (Å²) >= 11 is 0. The molecule has 0 bridgehead atoms. The van der Waals surface area contributed by atoms with Crippen LogP contribution in [-0.2, 0) is 4.74 Å². The summed E-state index contributed by atoms with van der Waals surface area (Å²) in [7, 11) is 5.76. The molecule has 2 radical (unpaired) electrons. The zero-order valence-electron chi connectivity index (χ0n) is 11.4. The fraction of sp³-hybridized carbons (Fsp3) is 0.417. The number of carbonyl (C=O) groups is 1. The molecule has 0 saturated carbocycles. The minimum absolute atomic E-state index is 0.317. The summed E-state index contributed by atoms with van der Waals surface area (Å²) in [5.41, 5.74) is 1.03. The molecular weight excluding hydrogens is 243 g/mol. The van der Waals surface area contributed by atoms with Crippen molar-refractivity contribution in [3.8, 4) is 0 Å². The van der Waals surface area contributed by atoms with E-state index < -0.39 is 11.7 Å². The van der Waals surface area contributed by atoms with Crippen molar-refractivity contribution in [3.05, 3.63) is 18.1 Å². The average molecular weight is 258 g/mol. The van der Waals surface area contributed by atoms with E-state index in [4.69, 9.17) is 12.6 Å². The van der Waals surface area contributed by atoms with Crippen LogP contribution >= 0.6 is 0 Å². The first-order valence-electron chi connectivity index (χ1n) is 5.86. The number of hydrogen-bond donors (Lipinski definition) is 1. The number of nitrogens with one attached hydrogen (secondary N) is 1. The molecule has 0 saturated heterocycles. The fourth-order valence-corrected chi connectivity index (χ4v) is 1.62. The molecule has 0 aliphatic rings. The molecule has 2 heterocycles. The molecule has 2 aromatic heterocycles. The van der Waals surface area contributed by atoms with Crippen LogP contribution in [0, 0.1) is 6.92 Å². The van der Waals surface area contributed by atoms with Crippen molar-refractivity contribution in [2.75, 3.05) is 5.32 Å². The topological polar surface area (TPSA) is 68.5 Å². The van der Waals surface area contributed by atoms with Crippen molar-refractivity contribution in [3.63, 3.8) is 0 Å². The largest absolute Gasteiger partial charge is 0.444 e. The molecule has 2 rings (SSSR count). The third kappa shape index (κ3) is 3.24. The van der Waals surface area contributed by atoms with Crippen LogP contribution in [0.4, 0.5) is 10.6 Å². The number of nitrogens with zero attached hydrogens (tertiary/aromatic N) is 3. The van der Waals surface area contributed by atoms with Gasteiger partial charge in [0.15, 0.2) is 5.82 Å². The number of imidazole rings is 1. The van der Waals surface area contributed by atoms with E-state index in [0.29, 0.717) is 17.1 Å². The first-order valence-corrected chi connectivity index (χ1v) is 5.86. The summed E-state index contributed by atoms with van der Waals surface area (Å²) in [5.74, 6) is 0.369. The summed E-state index contributed by atoms with van der Waals surface area (Å²) < 4.78 is 6.86. The van der Waals surface area contributed by atoms with Crippen LogP contribution in [0.2, 0.25) is 0 Å². The molecule has 6 nitrogen and oxygen atoms in total. The molecular formula is C12H15BN4O2. The van der Waals surface area contributed by atoms with Gasteiger partial charge in [-0.2, -0.15) is 0 Å². The third-order valence-corrected chi connectivity index (χ3v) is 2.21. The van der Waals surface area contributed by atoms with E-state index in [-0.39, 0.29) is 0 Å². The molecule has 0 aliphatic heterocycles. The minimum Gasteiger partial charge on any atom is -0.444 e. The lowest BCUT2D eigenvalue weighted by Gasteiger charge is -2.18. The smallest absolute Gasteiger partial charge is 0.413 e. The first kappa shape index (κ1) is 13.4. The van der Waals surface area contributed by atoms with Gasteiger partial charge in [-0.1, -0.05) is 0 Å². The highest BCUT2D eigenvalue weighted by atomic mass is 16.6. The second-order valence-electron chi connectivity index (χ2n) is 5.25. The van der Waals surface area contributed by atoms with Gasteiger partial charge in [0.1, 0.15) is 19.1 Å². The Labute approximate surface area is 112 Å². The number of rotatable bonds is 1. The lowest BCUT2D eigenvalue weighted by Crippen LogP contribution is -2.27. The van der Waals surface area contributed by atoms with Gasteiger partial charge in [-0.25, -0.2) is 9.78 Å². The molecule has 19 heavy (non-hydrogen) atoms. The number of fused-ring (bicyclic) bond motifs is 1. The monoisotopic (exact) mass is 258 g/mol. The highest BCUT2D eigenvalue weighted by Gasteiger charge is 2.17. The quantitative estimate of drug-likeness (QED) is 0.780. The van der Waals surface area contributed by atoms with E-state index in [0.717, 1.165) is 5.69 Å². The molecule has 0 aliphatic carbocycles. The number of hydrogen-bond acceptors (Lipinski definition) is 4. The van der Waals surface area contributed by atoms with Crippen LogP contribution in [0.1, 0.15) is 26.5 Å². The summed E-state index contributed by atoms with van der Waals surface area (Å²) in [4.78, 5) is 19.9. The van der Waals surface area contributed by atoms with Crippen molar-refractivity contribution in [2.45, 2.75) is 33.3 Å². The van der Waals surface area contributed by atoms with Crippen LogP contribution < -0.4 is 10.9 Å². The van der Waals surface area contributed by atoms with Crippen molar-refractivity contribution >= 4 is 31.0 Å². The maximum atomic E-state index is 11.6. The van der Waals surface area contributed by atoms with E-state index >= 15 is 0 Å². The standard InChI is InChI=1S/C12H15BN4O2/c1-7-5-17-6-8(15-10(17)9(13)14-7)16-11(18)19-12(2,3)4/h5-6H,1-4H3,(H,16,18). The Bertz CT molecular complexity index is 630. The lowest BCUT2D eigenvalue weighted by atomic mass is 10.1. The highest BCUT2D eigenvalue weighted by molar-refractivity contribution is 6.34. The van der Waals surface area contributed by atoms with Gasteiger partial charge in [-0.05, 0) is 27.7 Å². The second kappa shape index (κ2) is 4.57. The summed E-state index contributed by atoms with van der Waals surface area (Å²) in [6, 6.07) is 0. The fourth-order valence-electron chi connectivity index (χ4n) is 1.62. The molecule has 7 heteroatoms.